The number of aryl methyl sites for hydroxylation is 1. The predicted octanol–water partition coefficient (Wildman–Crippen LogP) is 4.00. The van der Waals surface area contributed by atoms with E-state index in [1.165, 1.54) is 17.7 Å². The molecule has 0 radical (unpaired) electrons. The highest BCUT2D eigenvalue weighted by atomic mass is 32.1. The summed E-state index contributed by atoms with van der Waals surface area (Å²) >= 11 is 1.60. The Morgan fingerprint density at radius 3 is 2.39 bits per heavy atom. The Kier molecular flexibility index (Phi) is 6.58. The Morgan fingerprint density at radius 1 is 1.28 bits per heavy atom. The number of hydrogen-bond acceptors (Lipinski definition) is 3. The van der Waals surface area contributed by atoms with E-state index in [0.717, 1.165) is 18.0 Å². The second kappa shape index (κ2) is 7.70. The molecule has 1 aromatic heterocycles. The number of likely N-dealkylation sites (N-methyl/N-ethyl adjacent to an activating group) is 1. The topological polar surface area (TPSA) is 20.3 Å². The van der Waals surface area contributed by atoms with Crippen LogP contribution in [0.25, 0.3) is 0 Å². The fraction of sp³-hybridized carbons (Fsp3) is 0.667. The maximum atomic E-state index is 12.2. The first-order valence-corrected chi connectivity index (χ1v) is 7.74. The number of carbonyl (C=O) groups excluding carboxylic acids is 1. The summed E-state index contributed by atoms with van der Waals surface area (Å²) in [6, 6.07) is 3.97. The van der Waals surface area contributed by atoms with Gasteiger partial charge in [-0.3, -0.25) is 9.69 Å². The third-order valence-electron chi connectivity index (χ3n) is 3.50. The quantitative estimate of drug-likeness (QED) is 0.664. The van der Waals surface area contributed by atoms with Gasteiger partial charge in [-0.05, 0) is 31.5 Å². The van der Waals surface area contributed by atoms with Crippen LogP contribution in [-0.2, 0) is 0 Å². The van der Waals surface area contributed by atoms with Gasteiger partial charge in [0.25, 0.3) is 0 Å². The van der Waals surface area contributed by atoms with Crippen LogP contribution in [0.1, 0.15) is 48.2 Å². The fourth-order valence-corrected chi connectivity index (χ4v) is 2.88. The summed E-state index contributed by atoms with van der Waals surface area (Å²) < 4.78 is 0. The molecule has 0 atom stereocenters. The zero-order valence-corrected chi connectivity index (χ0v) is 12.8. The van der Waals surface area contributed by atoms with Crippen molar-refractivity contribution in [3.05, 3.63) is 21.9 Å². The zero-order chi connectivity index (χ0) is 13.5. The molecule has 0 aromatic carbocycles. The predicted molar refractivity (Wildman–Crippen MR) is 79.6 cm³/mol. The van der Waals surface area contributed by atoms with Gasteiger partial charge in [0.15, 0.2) is 5.78 Å². The maximum Gasteiger partial charge on any atom is 0.186 e. The number of Topliss-reactive ketones (excluding diaryl/α,β-unsaturated/α-hetero) is 1. The Bertz CT molecular complexity index is 368. The zero-order valence-electron chi connectivity index (χ0n) is 12.0. The molecule has 0 N–H and O–H groups in total. The van der Waals surface area contributed by atoms with Gasteiger partial charge in [0, 0.05) is 11.4 Å². The Labute approximate surface area is 115 Å². The van der Waals surface area contributed by atoms with Crippen molar-refractivity contribution in [1.82, 2.24) is 4.90 Å². The molecule has 0 saturated heterocycles. The van der Waals surface area contributed by atoms with E-state index in [0.29, 0.717) is 12.5 Å². The molecule has 1 aromatic rings. The highest BCUT2D eigenvalue weighted by Gasteiger charge is 2.15. The molecule has 18 heavy (non-hydrogen) atoms. The molecule has 0 aliphatic heterocycles. The van der Waals surface area contributed by atoms with Gasteiger partial charge < -0.3 is 0 Å². The van der Waals surface area contributed by atoms with E-state index < -0.39 is 0 Å². The standard InChI is InChI=1S/C15H25NOS/c1-5-13(6-2)10-16(7-3)11-14(17)15-9-8-12(4)18-15/h8-9,13H,5-7,10-11H2,1-4H3. The molecule has 0 amide bonds. The maximum absolute atomic E-state index is 12.2. The van der Waals surface area contributed by atoms with Gasteiger partial charge in [0.05, 0.1) is 11.4 Å². The van der Waals surface area contributed by atoms with E-state index in [1.54, 1.807) is 11.3 Å². The highest BCUT2D eigenvalue weighted by molar-refractivity contribution is 7.14. The molecule has 0 aliphatic carbocycles. The van der Waals surface area contributed by atoms with Gasteiger partial charge in [-0.15, -0.1) is 11.3 Å². The number of thiophene rings is 1. The minimum atomic E-state index is 0.265. The van der Waals surface area contributed by atoms with Gasteiger partial charge in [-0.25, -0.2) is 0 Å². The SMILES string of the molecule is CCC(CC)CN(CC)CC(=O)c1ccc(C)s1. The summed E-state index contributed by atoms with van der Waals surface area (Å²) in [5.41, 5.74) is 0. The van der Waals surface area contributed by atoms with Crippen molar-refractivity contribution < 1.29 is 4.79 Å². The lowest BCUT2D eigenvalue weighted by atomic mass is 10.0. The van der Waals surface area contributed by atoms with Crippen molar-refractivity contribution in [2.24, 2.45) is 5.92 Å². The monoisotopic (exact) mass is 267 g/mol. The van der Waals surface area contributed by atoms with E-state index in [-0.39, 0.29) is 5.78 Å². The fourth-order valence-electron chi connectivity index (χ4n) is 2.08. The molecule has 1 heterocycles. The van der Waals surface area contributed by atoms with E-state index >= 15 is 0 Å². The lowest BCUT2D eigenvalue weighted by molar-refractivity contribution is 0.0924. The number of hydrogen-bond donors (Lipinski definition) is 0. The summed E-state index contributed by atoms with van der Waals surface area (Å²) in [4.78, 5) is 16.5. The molecule has 1 rings (SSSR count). The molecule has 0 aliphatic rings. The van der Waals surface area contributed by atoms with Crippen LogP contribution in [0.5, 0.6) is 0 Å². The molecule has 0 fully saturated rings. The number of nitrogens with zero attached hydrogens (tertiary/aromatic N) is 1. The Morgan fingerprint density at radius 2 is 1.94 bits per heavy atom. The van der Waals surface area contributed by atoms with E-state index in [9.17, 15) is 4.79 Å². The molecule has 0 bridgehead atoms. The second-order valence-corrected chi connectivity index (χ2v) is 6.13. The summed E-state index contributed by atoms with van der Waals surface area (Å²) in [6.45, 7) is 11.2. The smallest absolute Gasteiger partial charge is 0.186 e. The number of ketones is 1. The largest absolute Gasteiger partial charge is 0.296 e. The molecule has 0 spiro atoms. The number of carbonyl (C=O) groups is 1. The molecule has 102 valence electrons. The average Bonchev–Trinajstić information content (AvgIpc) is 2.81. The molecule has 0 unspecified atom stereocenters. The van der Waals surface area contributed by atoms with E-state index in [2.05, 4.69) is 25.7 Å². The minimum Gasteiger partial charge on any atom is -0.296 e. The second-order valence-electron chi connectivity index (χ2n) is 4.84. The van der Waals surface area contributed by atoms with Crippen molar-refractivity contribution in [1.29, 1.82) is 0 Å². The molecule has 2 nitrogen and oxygen atoms in total. The van der Waals surface area contributed by atoms with Gasteiger partial charge in [0.1, 0.15) is 0 Å². The molecular weight excluding hydrogens is 242 g/mol. The van der Waals surface area contributed by atoms with Crippen LogP contribution in [0.4, 0.5) is 0 Å². The van der Waals surface area contributed by atoms with E-state index in [4.69, 9.17) is 0 Å². The van der Waals surface area contributed by atoms with Crippen molar-refractivity contribution in [2.45, 2.75) is 40.5 Å². The van der Waals surface area contributed by atoms with Gasteiger partial charge in [0.2, 0.25) is 0 Å². The minimum absolute atomic E-state index is 0.265. The highest BCUT2D eigenvalue weighted by Crippen LogP contribution is 2.17. The Hall–Kier alpha value is -0.670. The third kappa shape index (κ3) is 4.54. The lowest BCUT2D eigenvalue weighted by Gasteiger charge is -2.24. The summed E-state index contributed by atoms with van der Waals surface area (Å²) in [5.74, 6) is 0.976. The van der Waals surface area contributed by atoms with Crippen molar-refractivity contribution in [3.63, 3.8) is 0 Å². The average molecular weight is 267 g/mol. The summed E-state index contributed by atoms with van der Waals surface area (Å²) in [6.07, 6.45) is 2.39. The first kappa shape index (κ1) is 15.4. The van der Waals surface area contributed by atoms with Crippen LogP contribution in [-0.4, -0.2) is 30.3 Å². The third-order valence-corrected chi connectivity index (χ3v) is 4.54. The normalized spacial score (nSPS) is 11.4. The van der Waals surface area contributed by atoms with Gasteiger partial charge in [-0.2, -0.15) is 0 Å². The first-order chi connectivity index (χ1) is 8.60. The van der Waals surface area contributed by atoms with E-state index in [1.807, 2.05) is 19.1 Å². The summed E-state index contributed by atoms with van der Waals surface area (Å²) in [5, 5.41) is 0. The first-order valence-electron chi connectivity index (χ1n) is 6.92. The molecular formula is C15H25NOS. The van der Waals surface area contributed by atoms with Crippen molar-refractivity contribution in [3.8, 4) is 0 Å². The van der Waals surface area contributed by atoms with Gasteiger partial charge in [-0.1, -0.05) is 33.6 Å². The van der Waals surface area contributed by atoms with Crippen LogP contribution < -0.4 is 0 Å². The van der Waals surface area contributed by atoms with Gasteiger partial charge >= 0.3 is 0 Å². The lowest BCUT2D eigenvalue weighted by Crippen LogP contribution is -2.33. The Balaban J connectivity index is 2.55. The van der Waals surface area contributed by atoms with Crippen LogP contribution in [0.2, 0.25) is 0 Å². The van der Waals surface area contributed by atoms with Crippen LogP contribution in [0.3, 0.4) is 0 Å². The molecule has 0 saturated carbocycles. The number of rotatable bonds is 8. The van der Waals surface area contributed by atoms with Crippen molar-refractivity contribution >= 4 is 17.1 Å². The van der Waals surface area contributed by atoms with Crippen molar-refractivity contribution in [2.75, 3.05) is 19.6 Å². The molecule has 3 heteroatoms. The van der Waals surface area contributed by atoms with Crippen LogP contribution in [0, 0.1) is 12.8 Å². The van der Waals surface area contributed by atoms with Crippen LogP contribution in [0.15, 0.2) is 12.1 Å². The summed E-state index contributed by atoms with van der Waals surface area (Å²) in [7, 11) is 0. The van der Waals surface area contributed by atoms with Crippen LogP contribution >= 0.6 is 11.3 Å².